The minimum atomic E-state index is -3.72. The molecule has 0 bridgehead atoms. The van der Waals surface area contributed by atoms with Gasteiger partial charge in [-0.15, -0.1) is 0 Å². The number of anilines is 2. The van der Waals surface area contributed by atoms with Gasteiger partial charge in [0.2, 0.25) is 16.0 Å². The molecular weight excluding hydrogens is 364 g/mol. The minimum absolute atomic E-state index is 0.0560. The molecule has 3 N–H and O–H groups in total. The van der Waals surface area contributed by atoms with E-state index >= 15 is 0 Å². The van der Waals surface area contributed by atoms with Gasteiger partial charge < -0.3 is 10.1 Å². The van der Waals surface area contributed by atoms with Crippen molar-refractivity contribution in [2.75, 3.05) is 12.4 Å². The molecule has 1 aromatic heterocycles. The molecule has 0 atom stereocenters. The van der Waals surface area contributed by atoms with E-state index in [9.17, 15) is 8.42 Å². The number of sulfonamides is 1. The molecule has 0 unspecified atom stereocenters. The van der Waals surface area contributed by atoms with Gasteiger partial charge in [0, 0.05) is 17.4 Å². The Bertz CT molecular complexity index is 1110. The fourth-order valence-corrected chi connectivity index (χ4v) is 3.65. The first-order valence-corrected chi connectivity index (χ1v) is 9.92. The second-order valence-electron chi connectivity index (χ2n) is 6.28. The molecule has 1 aliphatic rings. The van der Waals surface area contributed by atoms with E-state index in [1.54, 1.807) is 19.2 Å². The van der Waals surface area contributed by atoms with Gasteiger partial charge in [0.1, 0.15) is 5.75 Å². The number of primary sulfonamides is 1. The lowest BCUT2D eigenvalue weighted by Crippen LogP contribution is -2.12. The molecule has 0 radical (unpaired) electrons. The molecule has 138 valence electrons. The molecule has 0 spiro atoms. The van der Waals surface area contributed by atoms with Gasteiger partial charge in [-0.1, -0.05) is 6.07 Å². The molecule has 8 heteroatoms. The van der Waals surface area contributed by atoms with E-state index in [2.05, 4.69) is 21.4 Å². The van der Waals surface area contributed by atoms with Crippen molar-refractivity contribution in [2.45, 2.75) is 17.7 Å². The van der Waals surface area contributed by atoms with Crippen molar-refractivity contribution >= 4 is 21.7 Å². The van der Waals surface area contributed by atoms with Crippen molar-refractivity contribution in [1.82, 2.24) is 9.97 Å². The van der Waals surface area contributed by atoms with Crippen molar-refractivity contribution in [3.63, 3.8) is 0 Å². The Kier molecular flexibility index (Phi) is 4.29. The molecule has 27 heavy (non-hydrogen) atoms. The molecule has 0 saturated heterocycles. The average Bonchev–Trinajstić information content (AvgIpc) is 2.67. The first-order valence-electron chi connectivity index (χ1n) is 8.37. The fraction of sp³-hybridized carbons (Fsp3) is 0.158. The van der Waals surface area contributed by atoms with Crippen molar-refractivity contribution in [1.29, 1.82) is 0 Å². The lowest BCUT2D eigenvalue weighted by molar-refractivity contribution is 0.415. The molecule has 0 aliphatic heterocycles. The zero-order valence-corrected chi connectivity index (χ0v) is 15.5. The Hall–Kier alpha value is -2.97. The van der Waals surface area contributed by atoms with Crippen LogP contribution in [0.1, 0.15) is 11.1 Å². The monoisotopic (exact) mass is 382 g/mol. The van der Waals surface area contributed by atoms with Crippen LogP contribution >= 0.6 is 0 Å². The molecule has 3 aromatic rings. The van der Waals surface area contributed by atoms with E-state index < -0.39 is 10.0 Å². The maximum Gasteiger partial charge on any atom is 0.238 e. The van der Waals surface area contributed by atoms with Gasteiger partial charge in [-0.25, -0.2) is 23.5 Å². The lowest BCUT2D eigenvalue weighted by Gasteiger charge is -2.20. The fourth-order valence-electron chi connectivity index (χ4n) is 3.13. The molecule has 0 fully saturated rings. The van der Waals surface area contributed by atoms with Crippen LogP contribution in [-0.4, -0.2) is 25.5 Å². The molecular formula is C19H18N4O3S. The summed E-state index contributed by atoms with van der Waals surface area (Å²) in [6.45, 7) is 0. The first kappa shape index (κ1) is 17.4. The van der Waals surface area contributed by atoms with Gasteiger partial charge in [-0.3, -0.25) is 0 Å². The second kappa shape index (κ2) is 6.64. The summed E-state index contributed by atoms with van der Waals surface area (Å²) in [4.78, 5) is 9.11. The number of aryl methyl sites for hydroxylation is 2. The van der Waals surface area contributed by atoms with Crippen LogP contribution in [0.2, 0.25) is 0 Å². The van der Waals surface area contributed by atoms with Gasteiger partial charge in [-0.05, 0) is 60.4 Å². The van der Waals surface area contributed by atoms with Crippen molar-refractivity contribution < 1.29 is 13.2 Å². The van der Waals surface area contributed by atoms with Gasteiger partial charge in [0.05, 0.1) is 17.7 Å². The van der Waals surface area contributed by atoms with Gasteiger partial charge in [0.25, 0.3) is 0 Å². The molecule has 4 rings (SSSR count). The number of ether oxygens (including phenoxy) is 1. The second-order valence-corrected chi connectivity index (χ2v) is 7.85. The third-order valence-electron chi connectivity index (χ3n) is 4.54. The number of hydrogen-bond acceptors (Lipinski definition) is 6. The number of nitrogens with two attached hydrogens (primary N) is 1. The number of benzene rings is 2. The summed E-state index contributed by atoms with van der Waals surface area (Å²) < 4.78 is 28.1. The molecule has 0 saturated carbocycles. The number of methoxy groups -OCH3 is 1. The number of fused-ring (bicyclic) bond motifs is 3. The maximum absolute atomic E-state index is 11.4. The lowest BCUT2D eigenvalue weighted by atomic mass is 9.90. The van der Waals surface area contributed by atoms with Crippen molar-refractivity contribution in [2.24, 2.45) is 5.14 Å². The van der Waals surface area contributed by atoms with E-state index in [0.29, 0.717) is 11.6 Å². The Labute approximate surface area is 157 Å². The number of aromatic nitrogens is 2. The smallest absolute Gasteiger partial charge is 0.238 e. The van der Waals surface area contributed by atoms with E-state index in [4.69, 9.17) is 9.88 Å². The van der Waals surface area contributed by atoms with Crippen LogP contribution in [0, 0.1) is 0 Å². The van der Waals surface area contributed by atoms with Crippen LogP contribution in [0.15, 0.2) is 53.6 Å². The van der Waals surface area contributed by atoms with Gasteiger partial charge >= 0.3 is 0 Å². The van der Waals surface area contributed by atoms with E-state index in [0.717, 1.165) is 35.4 Å². The van der Waals surface area contributed by atoms with Gasteiger partial charge in [0.15, 0.2) is 0 Å². The van der Waals surface area contributed by atoms with E-state index in [1.165, 1.54) is 17.7 Å². The summed E-state index contributed by atoms with van der Waals surface area (Å²) in [5.74, 6) is 1.22. The molecule has 7 nitrogen and oxygen atoms in total. The predicted molar refractivity (Wildman–Crippen MR) is 103 cm³/mol. The highest BCUT2D eigenvalue weighted by Gasteiger charge is 2.19. The Morgan fingerprint density at radius 3 is 2.52 bits per heavy atom. The summed E-state index contributed by atoms with van der Waals surface area (Å²) >= 11 is 0. The SMILES string of the molecule is COc1ccc2c(c1)-c1nc(Nc3ccc(S(N)(=O)=O)cc3)ncc1CC2. The highest BCUT2D eigenvalue weighted by molar-refractivity contribution is 7.89. The van der Waals surface area contributed by atoms with Gasteiger partial charge in [-0.2, -0.15) is 0 Å². The Balaban J connectivity index is 1.67. The quantitative estimate of drug-likeness (QED) is 0.718. The Morgan fingerprint density at radius 2 is 1.81 bits per heavy atom. The average molecular weight is 382 g/mol. The maximum atomic E-state index is 11.4. The third kappa shape index (κ3) is 3.49. The predicted octanol–water partition coefficient (Wildman–Crippen LogP) is 2.64. The standard InChI is InChI=1S/C19H18N4O3S/c1-26-15-7-4-12-2-3-13-11-21-19(23-18(13)17(12)10-15)22-14-5-8-16(9-6-14)27(20,24)25/h4-11H,2-3H2,1H3,(H2,20,24,25)(H,21,22,23). The van der Waals surface area contributed by atoms with E-state index in [-0.39, 0.29) is 4.90 Å². The summed E-state index contributed by atoms with van der Waals surface area (Å²) in [7, 11) is -2.07. The van der Waals surface area contributed by atoms with Crippen LogP contribution in [0.4, 0.5) is 11.6 Å². The number of rotatable bonds is 4. The molecule has 1 heterocycles. The summed E-state index contributed by atoms with van der Waals surface area (Å²) in [5, 5.41) is 8.22. The number of hydrogen-bond donors (Lipinski definition) is 2. The zero-order chi connectivity index (χ0) is 19.0. The topological polar surface area (TPSA) is 107 Å². The Morgan fingerprint density at radius 1 is 1.07 bits per heavy atom. The number of nitrogens with zero attached hydrogens (tertiary/aromatic N) is 2. The normalized spacial score (nSPS) is 12.8. The summed E-state index contributed by atoms with van der Waals surface area (Å²) in [5.41, 5.74) is 4.92. The van der Waals surface area contributed by atoms with Crippen molar-refractivity contribution in [3.8, 4) is 17.0 Å². The third-order valence-corrected chi connectivity index (χ3v) is 5.47. The van der Waals surface area contributed by atoms with Crippen molar-refractivity contribution in [3.05, 3.63) is 59.8 Å². The molecule has 0 amide bonds. The van der Waals surface area contributed by atoms with Crippen LogP contribution in [0.25, 0.3) is 11.3 Å². The van der Waals surface area contributed by atoms with Crippen LogP contribution in [0.3, 0.4) is 0 Å². The number of nitrogens with one attached hydrogen (secondary N) is 1. The van der Waals surface area contributed by atoms with E-state index in [1.807, 2.05) is 18.3 Å². The largest absolute Gasteiger partial charge is 0.497 e. The van der Waals surface area contributed by atoms with Crippen LogP contribution in [0.5, 0.6) is 5.75 Å². The molecule has 1 aliphatic carbocycles. The minimum Gasteiger partial charge on any atom is -0.497 e. The highest BCUT2D eigenvalue weighted by Crippen LogP contribution is 2.35. The summed E-state index contributed by atoms with van der Waals surface area (Å²) in [6, 6.07) is 12.1. The zero-order valence-electron chi connectivity index (χ0n) is 14.6. The summed E-state index contributed by atoms with van der Waals surface area (Å²) in [6.07, 6.45) is 3.65. The first-order chi connectivity index (χ1) is 12.9. The van der Waals surface area contributed by atoms with Crippen LogP contribution in [-0.2, 0) is 22.9 Å². The molecule has 2 aromatic carbocycles. The highest BCUT2D eigenvalue weighted by atomic mass is 32.2. The van der Waals surface area contributed by atoms with Crippen LogP contribution < -0.4 is 15.2 Å².